The van der Waals surface area contributed by atoms with Crippen LogP contribution in [0.25, 0.3) is 0 Å². The molecule has 0 radical (unpaired) electrons. The van der Waals surface area contributed by atoms with E-state index in [1.807, 2.05) is 6.92 Å². The summed E-state index contributed by atoms with van der Waals surface area (Å²) in [6, 6.07) is 13.1. The molecular weight excluding hydrogens is 311 g/mol. The van der Waals surface area contributed by atoms with Gasteiger partial charge in [0.25, 0.3) is 0 Å². The van der Waals surface area contributed by atoms with Gasteiger partial charge in [0.1, 0.15) is 5.82 Å². The second kappa shape index (κ2) is 9.28. The molecule has 0 N–H and O–H groups in total. The highest BCUT2D eigenvalue weighted by Gasteiger charge is 2.04. The number of hydrogen-bond donors (Lipinski definition) is 0. The summed E-state index contributed by atoms with van der Waals surface area (Å²) < 4.78 is 13.2. The van der Waals surface area contributed by atoms with Gasteiger partial charge in [-0.1, -0.05) is 37.8 Å². The zero-order valence-corrected chi connectivity index (χ0v) is 15.4. The lowest BCUT2D eigenvalue weighted by molar-refractivity contribution is 0.339. The van der Waals surface area contributed by atoms with Crippen LogP contribution in [-0.4, -0.2) is 30.7 Å². The lowest BCUT2D eigenvalue weighted by Crippen LogP contribution is -2.21. The van der Waals surface area contributed by atoms with Gasteiger partial charge in [-0.25, -0.2) is 9.38 Å². The number of rotatable bonds is 8. The molecule has 0 saturated carbocycles. The van der Waals surface area contributed by atoms with Crippen LogP contribution in [0.3, 0.4) is 0 Å². The van der Waals surface area contributed by atoms with Gasteiger partial charge in [-0.05, 0) is 68.8 Å². The SMILES string of the molecule is C=C/C(=N\c1ccc(F)cc1C)c1ccc(CCN(C)CCC)cc1. The number of aliphatic imine (C=N–C) groups is 1. The van der Waals surface area contributed by atoms with E-state index in [1.165, 1.54) is 24.1 Å². The maximum Gasteiger partial charge on any atom is 0.123 e. The Morgan fingerprint density at radius 2 is 1.88 bits per heavy atom. The van der Waals surface area contributed by atoms with Crippen molar-refractivity contribution in [3.63, 3.8) is 0 Å². The smallest absolute Gasteiger partial charge is 0.123 e. The highest BCUT2D eigenvalue weighted by molar-refractivity contribution is 6.09. The lowest BCUT2D eigenvalue weighted by atomic mass is 10.0. The van der Waals surface area contributed by atoms with E-state index in [-0.39, 0.29) is 5.82 Å². The Morgan fingerprint density at radius 3 is 2.48 bits per heavy atom. The summed E-state index contributed by atoms with van der Waals surface area (Å²) in [6.07, 6.45) is 3.96. The molecule has 2 aromatic carbocycles. The standard InChI is InChI=1S/C22H27FN2/c1-5-14-25(4)15-13-18-7-9-19(10-8-18)21(6-2)24-22-12-11-20(23)16-17(22)3/h6-12,16H,2,5,13-15H2,1,3-4H3/b24-21+. The molecule has 0 amide bonds. The zero-order valence-electron chi connectivity index (χ0n) is 15.4. The fraction of sp³-hybridized carbons (Fsp3) is 0.318. The van der Waals surface area contributed by atoms with Crippen LogP contribution in [-0.2, 0) is 6.42 Å². The molecule has 3 heteroatoms. The molecule has 25 heavy (non-hydrogen) atoms. The molecule has 0 atom stereocenters. The molecule has 0 aliphatic carbocycles. The number of nitrogens with zero attached hydrogens (tertiary/aromatic N) is 2. The third kappa shape index (κ3) is 5.64. The molecule has 0 saturated heterocycles. The van der Waals surface area contributed by atoms with Crippen LogP contribution in [0.4, 0.5) is 10.1 Å². The van der Waals surface area contributed by atoms with Crippen molar-refractivity contribution in [2.45, 2.75) is 26.7 Å². The molecule has 132 valence electrons. The second-order valence-electron chi connectivity index (χ2n) is 6.38. The molecule has 2 aromatic rings. The van der Waals surface area contributed by atoms with E-state index in [9.17, 15) is 4.39 Å². The van der Waals surface area contributed by atoms with Gasteiger partial charge in [-0.15, -0.1) is 0 Å². The van der Waals surface area contributed by atoms with Gasteiger partial charge < -0.3 is 4.90 Å². The zero-order chi connectivity index (χ0) is 18.2. The molecule has 2 nitrogen and oxygen atoms in total. The van der Waals surface area contributed by atoms with Crippen molar-refractivity contribution < 1.29 is 4.39 Å². The maximum atomic E-state index is 13.2. The average molecular weight is 338 g/mol. The Balaban J connectivity index is 2.13. The van der Waals surface area contributed by atoms with Crippen molar-refractivity contribution in [2.75, 3.05) is 20.1 Å². The van der Waals surface area contributed by atoms with Crippen molar-refractivity contribution >= 4 is 11.4 Å². The quantitative estimate of drug-likeness (QED) is 0.594. The van der Waals surface area contributed by atoms with Crippen LogP contribution in [0, 0.1) is 12.7 Å². The van der Waals surface area contributed by atoms with E-state index in [0.29, 0.717) is 0 Å². The largest absolute Gasteiger partial charge is 0.306 e. The van der Waals surface area contributed by atoms with E-state index >= 15 is 0 Å². The maximum absolute atomic E-state index is 13.2. The van der Waals surface area contributed by atoms with Gasteiger partial charge in [0, 0.05) is 12.1 Å². The number of likely N-dealkylation sites (N-methyl/N-ethyl adjacent to an activating group) is 1. The summed E-state index contributed by atoms with van der Waals surface area (Å²) in [6.45, 7) is 10.1. The molecule has 0 fully saturated rings. The minimum atomic E-state index is -0.242. The number of allylic oxidation sites excluding steroid dienone is 1. The van der Waals surface area contributed by atoms with E-state index in [1.54, 1.807) is 12.1 Å². The summed E-state index contributed by atoms with van der Waals surface area (Å²) in [5.41, 5.74) is 4.71. The third-order valence-corrected chi connectivity index (χ3v) is 4.23. The fourth-order valence-corrected chi connectivity index (χ4v) is 2.76. The van der Waals surface area contributed by atoms with Gasteiger partial charge in [-0.3, -0.25) is 0 Å². The number of aryl methyl sites for hydroxylation is 1. The minimum absolute atomic E-state index is 0.242. The molecule has 0 aliphatic rings. The topological polar surface area (TPSA) is 15.6 Å². The second-order valence-corrected chi connectivity index (χ2v) is 6.38. The molecule has 2 rings (SSSR count). The van der Waals surface area contributed by atoms with Gasteiger partial charge in [0.15, 0.2) is 0 Å². The summed E-state index contributed by atoms with van der Waals surface area (Å²) >= 11 is 0. The molecule has 0 spiro atoms. The minimum Gasteiger partial charge on any atom is -0.306 e. The Morgan fingerprint density at radius 1 is 1.16 bits per heavy atom. The van der Waals surface area contributed by atoms with Crippen LogP contribution in [0.5, 0.6) is 0 Å². The van der Waals surface area contributed by atoms with E-state index < -0.39 is 0 Å². The molecule has 0 heterocycles. The normalized spacial score (nSPS) is 11.8. The number of hydrogen-bond acceptors (Lipinski definition) is 2. The van der Waals surface area contributed by atoms with Gasteiger partial charge >= 0.3 is 0 Å². The first-order chi connectivity index (χ1) is 12.0. The van der Waals surface area contributed by atoms with Crippen LogP contribution >= 0.6 is 0 Å². The van der Waals surface area contributed by atoms with Crippen molar-refractivity contribution in [1.82, 2.24) is 4.90 Å². The van der Waals surface area contributed by atoms with Crippen molar-refractivity contribution in [3.8, 4) is 0 Å². The fourth-order valence-electron chi connectivity index (χ4n) is 2.76. The Labute approximate surface area is 150 Å². The van der Waals surface area contributed by atoms with Crippen LogP contribution in [0.2, 0.25) is 0 Å². The van der Waals surface area contributed by atoms with Crippen molar-refractivity contribution in [1.29, 1.82) is 0 Å². The number of halogens is 1. The highest BCUT2D eigenvalue weighted by atomic mass is 19.1. The van der Waals surface area contributed by atoms with Crippen molar-refractivity contribution in [3.05, 3.63) is 77.6 Å². The van der Waals surface area contributed by atoms with Gasteiger partial charge in [-0.2, -0.15) is 0 Å². The summed E-state index contributed by atoms with van der Waals surface area (Å²) in [7, 11) is 2.16. The molecule has 0 bridgehead atoms. The predicted octanol–water partition coefficient (Wildman–Crippen LogP) is 5.33. The van der Waals surface area contributed by atoms with E-state index in [0.717, 1.165) is 42.0 Å². The highest BCUT2D eigenvalue weighted by Crippen LogP contribution is 2.21. The average Bonchev–Trinajstić information content (AvgIpc) is 2.60. The van der Waals surface area contributed by atoms with Crippen LogP contribution < -0.4 is 0 Å². The van der Waals surface area contributed by atoms with E-state index in [2.05, 4.69) is 54.7 Å². The van der Waals surface area contributed by atoms with Gasteiger partial charge in [0.05, 0.1) is 11.4 Å². The lowest BCUT2D eigenvalue weighted by Gasteiger charge is -2.15. The van der Waals surface area contributed by atoms with Crippen molar-refractivity contribution in [2.24, 2.45) is 4.99 Å². The first-order valence-corrected chi connectivity index (χ1v) is 8.78. The third-order valence-electron chi connectivity index (χ3n) is 4.23. The molecule has 0 aromatic heterocycles. The molecule has 0 unspecified atom stereocenters. The predicted molar refractivity (Wildman–Crippen MR) is 105 cm³/mol. The molecular formula is C22H27FN2. The van der Waals surface area contributed by atoms with Crippen LogP contribution in [0.1, 0.15) is 30.0 Å². The number of benzene rings is 2. The monoisotopic (exact) mass is 338 g/mol. The Bertz CT molecular complexity index is 732. The summed E-state index contributed by atoms with van der Waals surface area (Å²) in [5.74, 6) is -0.242. The Hall–Kier alpha value is -2.26. The molecule has 0 aliphatic heterocycles. The first kappa shape index (κ1) is 19.1. The van der Waals surface area contributed by atoms with Gasteiger partial charge in [0.2, 0.25) is 0 Å². The summed E-state index contributed by atoms with van der Waals surface area (Å²) in [5, 5.41) is 0. The van der Waals surface area contributed by atoms with E-state index in [4.69, 9.17) is 0 Å². The summed E-state index contributed by atoms with van der Waals surface area (Å²) in [4.78, 5) is 6.99. The first-order valence-electron chi connectivity index (χ1n) is 8.78. The Kier molecular flexibility index (Phi) is 7.08. The van der Waals surface area contributed by atoms with Crippen LogP contribution in [0.15, 0.2) is 60.1 Å².